The largest absolute Gasteiger partial charge is 0.303 e. The Bertz CT molecular complexity index is 112. The van der Waals surface area contributed by atoms with Crippen LogP contribution in [0.4, 0.5) is 4.39 Å². The lowest BCUT2D eigenvalue weighted by Gasteiger charge is -1.87. The fourth-order valence-electron chi connectivity index (χ4n) is 0.387. The fourth-order valence-corrected chi connectivity index (χ4v) is 0.387. The third-order valence-corrected chi connectivity index (χ3v) is 0.607. The Balaban J connectivity index is 3.70. The molecule has 0 spiro atoms. The maximum absolute atomic E-state index is 11.5. The maximum Gasteiger partial charge on any atom is 0.131 e. The molecule has 0 unspecified atom stereocenters. The van der Waals surface area contributed by atoms with Crippen molar-refractivity contribution < 1.29 is 4.39 Å². The van der Waals surface area contributed by atoms with Gasteiger partial charge in [-0.1, -0.05) is 5.57 Å². The summed E-state index contributed by atoms with van der Waals surface area (Å²) >= 11 is 0. The molecule has 8 heavy (non-hydrogen) atoms. The first-order chi connectivity index (χ1) is 3.66. The molecule has 1 nitrogen and oxygen atoms in total. The van der Waals surface area contributed by atoms with Crippen molar-refractivity contribution in [3.05, 3.63) is 11.6 Å². The van der Waals surface area contributed by atoms with Gasteiger partial charge in [-0.3, -0.25) is 0 Å². The van der Waals surface area contributed by atoms with Gasteiger partial charge < -0.3 is 5.41 Å². The Kier molecular flexibility index (Phi) is 3.08. The number of halogens is 1. The van der Waals surface area contributed by atoms with Crippen LogP contribution < -0.4 is 0 Å². The maximum atomic E-state index is 11.5. The molecular weight excluding hydrogens is 105 g/mol. The third-order valence-electron chi connectivity index (χ3n) is 0.607. The van der Waals surface area contributed by atoms with Crippen LogP contribution in [0.5, 0.6) is 0 Å². The van der Waals surface area contributed by atoms with Crippen LogP contribution >= 0.6 is 0 Å². The Labute approximate surface area is 48.7 Å². The molecule has 0 aliphatic rings. The van der Waals surface area contributed by atoms with Gasteiger partial charge in [0.05, 0.1) is 5.71 Å². The van der Waals surface area contributed by atoms with Crippen LogP contribution in [-0.4, -0.2) is 12.4 Å². The van der Waals surface area contributed by atoms with Gasteiger partial charge in [0.15, 0.2) is 0 Å². The van der Waals surface area contributed by atoms with Gasteiger partial charge in [0.2, 0.25) is 0 Å². The van der Waals surface area contributed by atoms with Gasteiger partial charge in [-0.2, -0.15) is 0 Å². The van der Waals surface area contributed by atoms with Crippen LogP contribution in [0.15, 0.2) is 11.6 Å². The Hall–Kier alpha value is -0.660. The topological polar surface area (TPSA) is 23.9 Å². The van der Waals surface area contributed by atoms with Crippen molar-refractivity contribution in [3.63, 3.8) is 0 Å². The zero-order valence-corrected chi connectivity index (χ0v) is 5.16. The summed E-state index contributed by atoms with van der Waals surface area (Å²) in [6.07, 6.45) is 1.51. The summed E-state index contributed by atoms with van der Waals surface area (Å²) < 4.78 is 11.5. The van der Waals surface area contributed by atoms with Gasteiger partial charge in [-0.05, 0) is 19.9 Å². The predicted octanol–water partition coefficient (Wildman–Crippen LogP) is 1.94. The van der Waals surface area contributed by atoms with Crippen molar-refractivity contribution >= 4 is 5.71 Å². The van der Waals surface area contributed by atoms with E-state index < -0.39 is 6.67 Å². The number of nitrogens with one attached hydrogen (secondary N) is 1. The minimum Gasteiger partial charge on any atom is -0.303 e. The molecule has 0 rings (SSSR count). The second-order valence-electron chi connectivity index (χ2n) is 1.88. The second kappa shape index (κ2) is 3.36. The first-order valence-corrected chi connectivity index (χ1v) is 2.45. The number of allylic oxidation sites excluding steroid dienone is 2. The lowest BCUT2D eigenvalue weighted by molar-refractivity contribution is 0.581. The Morgan fingerprint density at radius 2 is 2.12 bits per heavy atom. The number of hydrogen-bond donors (Lipinski definition) is 1. The van der Waals surface area contributed by atoms with Crippen molar-refractivity contribution in [2.45, 2.75) is 13.8 Å². The molecule has 0 aromatic carbocycles. The highest BCUT2D eigenvalue weighted by Gasteiger charge is 1.86. The average Bonchev–Trinajstić information content (AvgIpc) is 1.65. The van der Waals surface area contributed by atoms with E-state index in [4.69, 9.17) is 5.41 Å². The summed E-state index contributed by atoms with van der Waals surface area (Å²) in [6, 6.07) is 0. The molecular formula is C6H10FN. The lowest BCUT2D eigenvalue weighted by Crippen LogP contribution is -1.92. The first-order valence-electron chi connectivity index (χ1n) is 2.45. The van der Waals surface area contributed by atoms with Gasteiger partial charge in [0, 0.05) is 0 Å². The van der Waals surface area contributed by atoms with E-state index in [1.165, 1.54) is 6.08 Å². The van der Waals surface area contributed by atoms with Crippen molar-refractivity contribution in [3.8, 4) is 0 Å². The van der Waals surface area contributed by atoms with Gasteiger partial charge in [-0.15, -0.1) is 0 Å². The highest BCUT2D eigenvalue weighted by atomic mass is 19.1. The normalized spacial score (nSPS) is 8.38. The van der Waals surface area contributed by atoms with Crippen LogP contribution in [0.3, 0.4) is 0 Å². The van der Waals surface area contributed by atoms with E-state index in [0.717, 1.165) is 5.57 Å². The molecule has 0 amide bonds. The molecule has 0 aliphatic carbocycles. The smallest absolute Gasteiger partial charge is 0.131 e. The van der Waals surface area contributed by atoms with Crippen LogP contribution in [0, 0.1) is 5.41 Å². The summed E-state index contributed by atoms with van der Waals surface area (Å²) in [5.41, 5.74) is 1.01. The monoisotopic (exact) mass is 115 g/mol. The van der Waals surface area contributed by atoms with E-state index in [1.54, 1.807) is 0 Å². The lowest BCUT2D eigenvalue weighted by atomic mass is 10.2. The summed E-state index contributed by atoms with van der Waals surface area (Å²) in [4.78, 5) is 0. The second-order valence-corrected chi connectivity index (χ2v) is 1.88. The van der Waals surface area contributed by atoms with Crippen molar-refractivity contribution in [2.24, 2.45) is 0 Å². The average molecular weight is 115 g/mol. The minimum absolute atomic E-state index is 0.0463. The quantitative estimate of drug-likeness (QED) is 0.532. The zero-order valence-electron chi connectivity index (χ0n) is 5.16. The highest BCUT2D eigenvalue weighted by Crippen LogP contribution is 1.89. The van der Waals surface area contributed by atoms with Crippen LogP contribution in [-0.2, 0) is 0 Å². The highest BCUT2D eigenvalue weighted by molar-refractivity contribution is 5.93. The summed E-state index contributed by atoms with van der Waals surface area (Å²) in [6.45, 7) is 3.01. The third kappa shape index (κ3) is 3.53. The SMILES string of the molecule is CC(C)=CC(=N)CF. The molecule has 0 heterocycles. The Morgan fingerprint density at radius 1 is 1.62 bits per heavy atom. The van der Waals surface area contributed by atoms with Crippen molar-refractivity contribution in [1.29, 1.82) is 5.41 Å². The van der Waals surface area contributed by atoms with E-state index >= 15 is 0 Å². The number of alkyl halides is 1. The summed E-state index contributed by atoms with van der Waals surface area (Å²) in [7, 11) is 0. The number of hydrogen-bond acceptors (Lipinski definition) is 1. The van der Waals surface area contributed by atoms with Crippen molar-refractivity contribution in [1.82, 2.24) is 0 Å². The summed E-state index contributed by atoms with van der Waals surface area (Å²) in [5.74, 6) is 0. The minimum atomic E-state index is -0.662. The van der Waals surface area contributed by atoms with Gasteiger partial charge in [0.1, 0.15) is 6.67 Å². The molecule has 0 radical (unpaired) electrons. The molecule has 1 N–H and O–H groups in total. The predicted molar refractivity (Wildman–Crippen MR) is 33.1 cm³/mol. The van der Waals surface area contributed by atoms with E-state index in [1.807, 2.05) is 13.8 Å². The number of rotatable bonds is 2. The Morgan fingerprint density at radius 3 is 2.25 bits per heavy atom. The molecule has 2 heteroatoms. The molecule has 0 aromatic rings. The fraction of sp³-hybridized carbons (Fsp3) is 0.500. The van der Waals surface area contributed by atoms with Gasteiger partial charge in [0.25, 0.3) is 0 Å². The molecule has 0 atom stereocenters. The molecule has 0 bridgehead atoms. The van der Waals surface area contributed by atoms with Crippen LogP contribution in [0.1, 0.15) is 13.8 Å². The molecule has 0 fully saturated rings. The van der Waals surface area contributed by atoms with E-state index in [9.17, 15) is 4.39 Å². The molecule has 46 valence electrons. The van der Waals surface area contributed by atoms with E-state index in [2.05, 4.69) is 0 Å². The first kappa shape index (κ1) is 7.34. The molecule has 0 saturated carbocycles. The molecule has 0 saturated heterocycles. The van der Waals surface area contributed by atoms with E-state index in [0.29, 0.717) is 0 Å². The summed E-state index contributed by atoms with van der Waals surface area (Å²) in [5, 5.41) is 6.82. The standard InChI is InChI=1S/C6H10FN/c1-5(2)3-6(8)4-7/h3,8H,4H2,1-2H3. The molecule has 0 aliphatic heterocycles. The van der Waals surface area contributed by atoms with Crippen LogP contribution in [0.2, 0.25) is 0 Å². The zero-order chi connectivity index (χ0) is 6.57. The molecule has 0 aromatic heterocycles. The van der Waals surface area contributed by atoms with Gasteiger partial charge >= 0.3 is 0 Å². The van der Waals surface area contributed by atoms with E-state index in [-0.39, 0.29) is 5.71 Å². The van der Waals surface area contributed by atoms with Crippen molar-refractivity contribution in [2.75, 3.05) is 6.67 Å². The van der Waals surface area contributed by atoms with Crippen LogP contribution in [0.25, 0.3) is 0 Å². The van der Waals surface area contributed by atoms with Gasteiger partial charge in [-0.25, -0.2) is 4.39 Å².